The highest BCUT2D eigenvalue weighted by Crippen LogP contribution is 2.26. The van der Waals surface area contributed by atoms with Crippen LogP contribution in [-0.4, -0.2) is 23.9 Å². The number of ether oxygens (including phenoxy) is 1. The number of halogens is 1. The molecule has 0 radical (unpaired) electrons. The minimum atomic E-state index is -0.807. The molecule has 2 nitrogen and oxygen atoms in total. The maximum atomic E-state index is 10.1. The molecule has 0 bridgehead atoms. The Balaban J connectivity index is 2.67. The molecule has 1 aromatic rings. The first-order valence-electron chi connectivity index (χ1n) is 4.44. The highest BCUT2D eigenvalue weighted by atomic mass is 79.9. The lowest BCUT2D eigenvalue weighted by Gasteiger charge is -2.28. The molecule has 0 fully saturated rings. The van der Waals surface area contributed by atoms with E-state index < -0.39 is 5.60 Å². The first kappa shape index (κ1) is 12.2. The molecule has 0 saturated carbocycles. The van der Waals surface area contributed by atoms with E-state index in [-0.39, 0.29) is 6.10 Å². The Morgan fingerprint density at radius 3 is 2.79 bits per heavy atom. The first-order valence-corrected chi connectivity index (χ1v) is 6.11. The summed E-state index contributed by atoms with van der Waals surface area (Å²) in [7, 11) is 1.61. The Morgan fingerprint density at radius 2 is 2.36 bits per heavy atom. The molecule has 0 amide bonds. The highest BCUT2D eigenvalue weighted by molar-refractivity contribution is 9.10. The van der Waals surface area contributed by atoms with Gasteiger partial charge in [-0.1, -0.05) is 0 Å². The summed E-state index contributed by atoms with van der Waals surface area (Å²) >= 11 is 5.03. The van der Waals surface area contributed by atoms with Crippen LogP contribution in [0.2, 0.25) is 0 Å². The van der Waals surface area contributed by atoms with Gasteiger partial charge in [0.25, 0.3) is 0 Å². The van der Waals surface area contributed by atoms with Gasteiger partial charge in [-0.3, -0.25) is 0 Å². The van der Waals surface area contributed by atoms with E-state index in [4.69, 9.17) is 4.74 Å². The van der Waals surface area contributed by atoms with Crippen molar-refractivity contribution in [2.45, 2.75) is 32.0 Å². The van der Waals surface area contributed by atoms with Crippen LogP contribution < -0.4 is 0 Å². The van der Waals surface area contributed by atoms with Crippen LogP contribution in [0.5, 0.6) is 0 Å². The fourth-order valence-electron chi connectivity index (χ4n) is 1.20. The summed E-state index contributed by atoms with van der Waals surface area (Å²) in [5.41, 5.74) is -0.807. The van der Waals surface area contributed by atoms with Crippen molar-refractivity contribution in [2.24, 2.45) is 0 Å². The van der Waals surface area contributed by atoms with Crippen LogP contribution in [0, 0.1) is 0 Å². The quantitative estimate of drug-likeness (QED) is 0.918. The Morgan fingerprint density at radius 1 is 1.71 bits per heavy atom. The van der Waals surface area contributed by atoms with E-state index in [0.29, 0.717) is 6.42 Å². The number of rotatable bonds is 4. The van der Waals surface area contributed by atoms with Crippen LogP contribution in [0.3, 0.4) is 0 Å². The predicted molar refractivity (Wildman–Crippen MR) is 62.8 cm³/mol. The monoisotopic (exact) mass is 278 g/mol. The van der Waals surface area contributed by atoms with Crippen LogP contribution in [-0.2, 0) is 11.2 Å². The number of hydrogen-bond donors (Lipinski definition) is 1. The van der Waals surface area contributed by atoms with Crippen molar-refractivity contribution in [1.82, 2.24) is 0 Å². The van der Waals surface area contributed by atoms with Crippen molar-refractivity contribution in [1.29, 1.82) is 0 Å². The fraction of sp³-hybridized carbons (Fsp3) is 0.600. The predicted octanol–water partition coefficient (Wildman–Crippen LogP) is 2.84. The van der Waals surface area contributed by atoms with Crippen molar-refractivity contribution in [3.8, 4) is 0 Å². The Labute approximate surface area is 97.0 Å². The average Bonchev–Trinajstić information content (AvgIpc) is 2.48. The number of aliphatic hydroxyl groups is 1. The fourth-order valence-corrected chi connectivity index (χ4v) is 2.81. The Bertz CT molecular complexity index is 296. The summed E-state index contributed by atoms with van der Waals surface area (Å²) < 4.78 is 6.20. The van der Waals surface area contributed by atoms with Crippen LogP contribution >= 0.6 is 27.3 Å². The summed E-state index contributed by atoms with van der Waals surface area (Å²) in [6.45, 7) is 3.68. The summed E-state index contributed by atoms with van der Waals surface area (Å²) in [6.07, 6.45) is 0.460. The SMILES string of the molecule is COC(C)C(C)(O)Cc1cc(Br)cs1. The van der Waals surface area contributed by atoms with E-state index in [1.165, 1.54) is 0 Å². The molecule has 0 spiro atoms. The zero-order valence-corrected chi connectivity index (χ0v) is 11.0. The maximum Gasteiger partial charge on any atom is 0.0925 e. The molecule has 2 atom stereocenters. The highest BCUT2D eigenvalue weighted by Gasteiger charge is 2.29. The van der Waals surface area contributed by atoms with Crippen molar-refractivity contribution in [3.63, 3.8) is 0 Å². The number of hydrogen-bond acceptors (Lipinski definition) is 3. The number of methoxy groups -OCH3 is 1. The van der Waals surface area contributed by atoms with Gasteiger partial charge in [0, 0.05) is 28.3 Å². The topological polar surface area (TPSA) is 29.5 Å². The van der Waals surface area contributed by atoms with Gasteiger partial charge in [0.15, 0.2) is 0 Å². The number of thiophene rings is 1. The van der Waals surface area contributed by atoms with E-state index in [1.807, 2.05) is 18.4 Å². The van der Waals surface area contributed by atoms with E-state index in [9.17, 15) is 5.11 Å². The molecule has 1 rings (SSSR count). The lowest BCUT2D eigenvalue weighted by Crippen LogP contribution is -2.40. The van der Waals surface area contributed by atoms with E-state index in [2.05, 4.69) is 15.9 Å². The molecule has 4 heteroatoms. The maximum absolute atomic E-state index is 10.1. The lowest BCUT2D eigenvalue weighted by molar-refractivity contribution is -0.0711. The molecular formula is C10H15BrO2S. The second-order valence-electron chi connectivity index (χ2n) is 3.64. The standard InChI is InChI=1S/C10H15BrO2S/c1-7(13-3)10(2,12)5-9-4-8(11)6-14-9/h4,6-7,12H,5H2,1-3H3. The Kier molecular flexibility index (Phi) is 4.13. The second kappa shape index (κ2) is 4.75. The van der Waals surface area contributed by atoms with Crippen molar-refractivity contribution < 1.29 is 9.84 Å². The van der Waals surface area contributed by atoms with Crippen LogP contribution in [0.4, 0.5) is 0 Å². The molecule has 80 valence electrons. The second-order valence-corrected chi connectivity index (χ2v) is 5.55. The third-order valence-electron chi connectivity index (χ3n) is 2.38. The van der Waals surface area contributed by atoms with Gasteiger partial charge >= 0.3 is 0 Å². The molecule has 0 aliphatic carbocycles. The summed E-state index contributed by atoms with van der Waals surface area (Å²) in [5.74, 6) is 0. The van der Waals surface area contributed by atoms with Gasteiger partial charge in [-0.2, -0.15) is 0 Å². The molecule has 1 N–H and O–H groups in total. The largest absolute Gasteiger partial charge is 0.387 e. The normalized spacial score (nSPS) is 17.8. The lowest BCUT2D eigenvalue weighted by atomic mass is 9.95. The summed E-state index contributed by atoms with van der Waals surface area (Å²) in [6, 6.07) is 2.03. The van der Waals surface area contributed by atoms with Gasteiger partial charge in [0.2, 0.25) is 0 Å². The minimum Gasteiger partial charge on any atom is -0.387 e. The summed E-state index contributed by atoms with van der Waals surface area (Å²) in [4.78, 5) is 1.16. The molecular weight excluding hydrogens is 264 g/mol. The Hall–Kier alpha value is 0.1000. The summed E-state index contributed by atoms with van der Waals surface area (Å²) in [5, 5.41) is 12.1. The third kappa shape index (κ3) is 3.05. The van der Waals surface area contributed by atoms with Crippen LogP contribution in [0.1, 0.15) is 18.7 Å². The zero-order valence-electron chi connectivity index (χ0n) is 8.58. The average molecular weight is 279 g/mol. The van der Waals surface area contributed by atoms with E-state index >= 15 is 0 Å². The van der Waals surface area contributed by atoms with Gasteiger partial charge in [-0.15, -0.1) is 11.3 Å². The van der Waals surface area contributed by atoms with E-state index in [0.717, 1.165) is 9.35 Å². The van der Waals surface area contributed by atoms with Crippen LogP contribution in [0.25, 0.3) is 0 Å². The molecule has 1 heterocycles. The molecule has 0 aliphatic heterocycles. The smallest absolute Gasteiger partial charge is 0.0925 e. The van der Waals surface area contributed by atoms with Crippen molar-refractivity contribution in [3.05, 3.63) is 20.8 Å². The third-order valence-corrected chi connectivity index (χ3v) is 4.08. The van der Waals surface area contributed by atoms with Gasteiger partial charge in [0.1, 0.15) is 0 Å². The molecule has 14 heavy (non-hydrogen) atoms. The molecule has 0 saturated heterocycles. The molecule has 1 aromatic heterocycles. The van der Waals surface area contributed by atoms with Gasteiger partial charge in [0.05, 0.1) is 11.7 Å². The van der Waals surface area contributed by atoms with Crippen molar-refractivity contribution >= 4 is 27.3 Å². The minimum absolute atomic E-state index is 0.164. The molecule has 0 aromatic carbocycles. The van der Waals surface area contributed by atoms with Crippen LogP contribution in [0.15, 0.2) is 15.9 Å². The van der Waals surface area contributed by atoms with E-state index in [1.54, 1.807) is 25.4 Å². The first-order chi connectivity index (χ1) is 6.45. The zero-order chi connectivity index (χ0) is 10.8. The van der Waals surface area contributed by atoms with Crippen molar-refractivity contribution in [2.75, 3.05) is 7.11 Å². The van der Waals surface area contributed by atoms with Gasteiger partial charge < -0.3 is 9.84 Å². The van der Waals surface area contributed by atoms with Gasteiger partial charge in [-0.25, -0.2) is 0 Å². The molecule has 0 aliphatic rings. The van der Waals surface area contributed by atoms with Gasteiger partial charge in [-0.05, 0) is 35.8 Å². The molecule has 2 unspecified atom stereocenters.